The molecule has 0 radical (unpaired) electrons. The zero-order valence-electron chi connectivity index (χ0n) is 11.2. The second-order valence-electron chi connectivity index (χ2n) is 3.74. The summed E-state index contributed by atoms with van der Waals surface area (Å²) in [6.45, 7) is 4.82. The first-order chi connectivity index (χ1) is 9.03. The van der Waals surface area contributed by atoms with Crippen LogP contribution in [0.3, 0.4) is 0 Å². The highest BCUT2D eigenvalue weighted by Gasteiger charge is 2.15. The Kier molecular flexibility index (Phi) is 5.11. The van der Waals surface area contributed by atoms with Crippen LogP contribution in [0.2, 0.25) is 0 Å². The van der Waals surface area contributed by atoms with Crippen LogP contribution in [-0.4, -0.2) is 36.1 Å². The molecule has 7 nitrogen and oxygen atoms in total. The van der Waals surface area contributed by atoms with Crippen LogP contribution >= 0.6 is 0 Å². The van der Waals surface area contributed by atoms with Gasteiger partial charge >= 0.3 is 6.03 Å². The summed E-state index contributed by atoms with van der Waals surface area (Å²) in [5.41, 5.74) is 0.184. The Hall–Kier alpha value is -2.31. The molecule has 19 heavy (non-hydrogen) atoms. The number of nitro benzene ring substituents is 1. The molecular formula is C12H17N3O4. The fraction of sp³-hybridized carbons (Fsp3) is 0.417. The Bertz CT molecular complexity index is 472. The largest absolute Gasteiger partial charge is 0.495 e. The number of ether oxygens (including phenoxy) is 1. The van der Waals surface area contributed by atoms with Gasteiger partial charge in [-0.25, -0.2) is 4.79 Å². The Balaban J connectivity index is 3.00. The van der Waals surface area contributed by atoms with E-state index < -0.39 is 4.92 Å². The number of benzene rings is 1. The van der Waals surface area contributed by atoms with E-state index in [9.17, 15) is 14.9 Å². The minimum atomic E-state index is -0.521. The third kappa shape index (κ3) is 3.57. The quantitative estimate of drug-likeness (QED) is 0.656. The molecule has 1 aromatic rings. The van der Waals surface area contributed by atoms with Crippen molar-refractivity contribution in [3.8, 4) is 5.75 Å². The third-order valence-electron chi connectivity index (χ3n) is 2.69. The molecule has 0 aliphatic rings. The molecule has 0 atom stereocenters. The number of hydrogen-bond acceptors (Lipinski definition) is 4. The molecule has 0 heterocycles. The summed E-state index contributed by atoms with van der Waals surface area (Å²) in [7, 11) is 1.44. The molecule has 0 aliphatic carbocycles. The average molecular weight is 267 g/mol. The molecule has 0 spiro atoms. The van der Waals surface area contributed by atoms with Crippen molar-refractivity contribution in [2.45, 2.75) is 13.8 Å². The smallest absolute Gasteiger partial charge is 0.321 e. The number of nitro groups is 1. The van der Waals surface area contributed by atoms with E-state index in [1.54, 1.807) is 4.90 Å². The molecule has 0 bridgehead atoms. The number of methoxy groups -OCH3 is 1. The van der Waals surface area contributed by atoms with Crippen molar-refractivity contribution in [1.29, 1.82) is 0 Å². The first-order valence-corrected chi connectivity index (χ1v) is 5.91. The van der Waals surface area contributed by atoms with Gasteiger partial charge in [0, 0.05) is 25.2 Å². The summed E-state index contributed by atoms with van der Waals surface area (Å²) in [5, 5.41) is 13.3. The molecule has 0 fully saturated rings. The number of nitrogens with zero attached hydrogens (tertiary/aromatic N) is 2. The third-order valence-corrected chi connectivity index (χ3v) is 2.69. The first-order valence-electron chi connectivity index (χ1n) is 5.91. The van der Waals surface area contributed by atoms with Crippen LogP contribution in [0.25, 0.3) is 0 Å². The van der Waals surface area contributed by atoms with E-state index in [4.69, 9.17) is 4.74 Å². The van der Waals surface area contributed by atoms with E-state index >= 15 is 0 Å². The Labute approximate surface area is 111 Å². The van der Waals surface area contributed by atoms with E-state index in [0.29, 0.717) is 18.8 Å². The second kappa shape index (κ2) is 6.58. The summed E-state index contributed by atoms with van der Waals surface area (Å²) in [6, 6.07) is 3.74. The van der Waals surface area contributed by atoms with E-state index in [1.807, 2.05) is 13.8 Å². The normalized spacial score (nSPS) is 9.84. The predicted molar refractivity (Wildman–Crippen MR) is 71.6 cm³/mol. The van der Waals surface area contributed by atoms with Crippen molar-refractivity contribution in [3.05, 3.63) is 28.3 Å². The number of nitrogens with one attached hydrogen (secondary N) is 1. The van der Waals surface area contributed by atoms with Crippen LogP contribution in [0.4, 0.5) is 16.2 Å². The minimum Gasteiger partial charge on any atom is -0.495 e. The van der Waals surface area contributed by atoms with Gasteiger partial charge in [-0.05, 0) is 19.9 Å². The standard InChI is InChI=1S/C12H17N3O4/c1-4-14(5-2)12(16)13-10-8-9(15(17)18)6-7-11(10)19-3/h6-8H,4-5H2,1-3H3,(H,13,16). The molecule has 0 aliphatic heterocycles. The summed E-state index contributed by atoms with van der Waals surface area (Å²) in [5.74, 6) is 0.381. The number of urea groups is 1. The van der Waals surface area contributed by atoms with Crippen molar-refractivity contribution in [2.24, 2.45) is 0 Å². The first kappa shape index (κ1) is 14.7. The number of carbonyl (C=O) groups is 1. The maximum atomic E-state index is 11.9. The zero-order valence-corrected chi connectivity index (χ0v) is 11.2. The average Bonchev–Trinajstić information content (AvgIpc) is 2.39. The molecule has 7 heteroatoms. The van der Waals surface area contributed by atoms with Crippen molar-refractivity contribution in [2.75, 3.05) is 25.5 Å². The fourth-order valence-corrected chi connectivity index (χ4v) is 1.61. The Morgan fingerprint density at radius 2 is 2.05 bits per heavy atom. The van der Waals surface area contributed by atoms with Crippen molar-refractivity contribution < 1.29 is 14.5 Å². The van der Waals surface area contributed by atoms with Crippen LogP contribution in [0.5, 0.6) is 5.75 Å². The number of carbonyl (C=O) groups excluding carboxylic acids is 1. The molecule has 1 N–H and O–H groups in total. The van der Waals surface area contributed by atoms with Crippen LogP contribution in [0.15, 0.2) is 18.2 Å². The van der Waals surface area contributed by atoms with Gasteiger partial charge in [-0.1, -0.05) is 0 Å². The molecule has 0 saturated carbocycles. The van der Waals surface area contributed by atoms with Crippen LogP contribution < -0.4 is 10.1 Å². The second-order valence-corrected chi connectivity index (χ2v) is 3.74. The molecular weight excluding hydrogens is 250 g/mol. The Morgan fingerprint density at radius 3 is 2.53 bits per heavy atom. The van der Waals surface area contributed by atoms with Gasteiger partial charge in [-0.3, -0.25) is 10.1 Å². The molecule has 1 rings (SSSR count). The highest BCUT2D eigenvalue weighted by Crippen LogP contribution is 2.29. The van der Waals surface area contributed by atoms with Crippen LogP contribution in [0, 0.1) is 10.1 Å². The lowest BCUT2D eigenvalue weighted by Gasteiger charge is -2.20. The van der Waals surface area contributed by atoms with E-state index in [0.717, 1.165) is 0 Å². The number of anilines is 1. The number of amides is 2. The topological polar surface area (TPSA) is 84.7 Å². The number of non-ortho nitro benzene ring substituents is 1. The number of hydrogen-bond donors (Lipinski definition) is 1. The molecule has 0 saturated heterocycles. The maximum Gasteiger partial charge on any atom is 0.321 e. The summed E-state index contributed by atoms with van der Waals surface area (Å²) < 4.78 is 5.07. The van der Waals surface area contributed by atoms with Gasteiger partial charge in [0.05, 0.1) is 17.7 Å². The van der Waals surface area contributed by atoms with Gasteiger partial charge in [-0.2, -0.15) is 0 Å². The molecule has 1 aromatic carbocycles. The number of rotatable bonds is 5. The molecule has 0 aromatic heterocycles. The minimum absolute atomic E-state index is 0.101. The van der Waals surface area contributed by atoms with Gasteiger partial charge in [0.2, 0.25) is 0 Å². The van der Waals surface area contributed by atoms with Crippen molar-refractivity contribution in [3.63, 3.8) is 0 Å². The van der Waals surface area contributed by atoms with Crippen molar-refractivity contribution >= 4 is 17.4 Å². The van der Waals surface area contributed by atoms with Crippen molar-refractivity contribution in [1.82, 2.24) is 4.90 Å². The lowest BCUT2D eigenvalue weighted by Crippen LogP contribution is -2.34. The van der Waals surface area contributed by atoms with Gasteiger partial charge < -0.3 is 15.0 Å². The Morgan fingerprint density at radius 1 is 1.42 bits per heavy atom. The summed E-state index contributed by atoms with van der Waals surface area (Å²) in [6.07, 6.45) is 0. The molecule has 2 amide bonds. The monoisotopic (exact) mass is 267 g/mol. The van der Waals surface area contributed by atoms with Gasteiger partial charge in [-0.15, -0.1) is 0 Å². The van der Waals surface area contributed by atoms with E-state index in [-0.39, 0.29) is 17.4 Å². The maximum absolute atomic E-state index is 11.9. The van der Waals surface area contributed by atoms with Gasteiger partial charge in [0.25, 0.3) is 5.69 Å². The predicted octanol–water partition coefficient (Wildman–Crippen LogP) is 2.48. The highest BCUT2D eigenvalue weighted by molar-refractivity contribution is 5.91. The van der Waals surface area contributed by atoms with Gasteiger partial charge in [0.15, 0.2) is 0 Å². The van der Waals surface area contributed by atoms with Gasteiger partial charge in [0.1, 0.15) is 5.75 Å². The van der Waals surface area contributed by atoms with Crippen LogP contribution in [-0.2, 0) is 0 Å². The lowest BCUT2D eigenvalue weighted by molar-refractivity contribution is -0.384. The van der Waals surface area contributed by atoms with E-state index in [2.05, 4.69) is 5.32 Å². The SMILES string of the molecule is CCN(CC)C(=O)Nc1cc([N+](=O)[O-])ccc1OC. The summed E-state index contributed by atoms with van der Waals surface area (Å²) >= 11 is 0. The fourth-order valence-electron chi connectivity index (χ4n) is 1.61. The summed E-state index contributed by atoms with van der Waals surface area (Å²) in [4.78, 5) is 23.7. The lowest BCUT2D eigenvalue weighted by atomic mass is 10.2. The van der Waals surface area contributed by atoms with E-state index in [1.165, 1.54) is 25.3 Å². The zero-order chi connectivity index (χ0) is 14.4. The molecule has 104 valence electrons. The van der Waals surface area contributed by atoms with Crippen LogP contribution in [0.1, 0.15) is 13.8 Å². The highest BCUT2D eigenvalue weighted by atomic mass is 16.6. The molecule has 0 unspecified atom stereocenters.